The van der Waals surface area contributed by atoms with E-state index in [2.05, 4.69) is 43.7 Å². The van der Waals surface area contributed by atoms with Crippen LogP contribution in [-0.2, 0) is 17.6 Å². The average molecular weight is 465 g/mol. The van der Waals surface area contributed by atoms with Crippen molar-refractivity contribution in [1.29, 1.82) is 0 Å². The number of rotatable bonds is 3. The summed E-state index contributed by atoms with van der Waals surface area (Å²) < 4.78 is 5.93. The molecule has 2 aromatic heterocycles. The summed E-state index contributed by atoms with van der Waals surface area (Å²) in [7, 11) is 0. The van der Waals surface area contributed by atoms with Gasteiger partial charge < -0.3 is 26.0 Å². The van der Waals surface area contributed by atoms with Crippen LogP contribution >= 0.6 is 11.3 Å². The van der Waals surface area contributed by atoms with E-state index < -0.39 is 0 Å². The number of aryl methyl sites for hydroxylation is 2. The lowest BCUT2D eigenvalue weighted by Crippen LogP contribution is -2.45. The number of anilines is 2. The van der Waals surface area contributed by atoms with Crippen molar-refractivity contribution < 1.29 is 9.53 Å². The number of benzene rings is 1. The number of hydrogen-bond acceptors (Lipinski definition) is 8. The average Bonchev–Trinajstić information content (AvgIpc) is 2.97. The van der Waals surface area contributed by atoms with E-state index in [9.17, 15) is 4.79 Å². The summed E-state index contributed by atoms with van der Waals surface area (Å²) in [5.41, 5.74) is 12.0. The van der Waals surface area contributed by atoms with Gasteiger partial charge in [0.15, 0.2) is 0 Å². The largest absolute Gasteiger partial charge is 0.396 e. The van der Waals surface area contributed by atoms with Crippen molar-refractivity contribution in [3.05, 3.63) is 46.1 Å². The predicted octanol–water partition coefficient (Wildman–Crippen LogP) is 2.05. The minimum absolute atomic E-state index is 0.0924. The van der Waals surface area contributed by atoms with Gasteiger partial charge in [-0.3, -0.25) is 4.79 Å². The molecule has 0 spiro atoms. The van der Waals surface area contributed by atoms with Gasteiger partial charge in [0.05, 0.1) is 24.1 Å². The van der Waals surface area contributed by atoms with Crippen LogP contribution in [0.25, 0.3) is 10.3 Å². The Balaban J connectivity index is 1.16. The number of nitrogens with two attached hydrogens (primary N) is 1. The number of carbonyl (C=O) groups is 1. The second-order valence-electron chi connectivity index (χ2n) is 9.34. The molecule has 7 rings (SSSR count). The van der Waals surface area contributed by atoms with Gasteiger partial charge >= 0.3 is 0 Å². The van der Waals surface area contributed by atoms with Crippen LogP contribution in [0.4, 0.5) is 11.4 Å². The lowest BCUT2D eigenvalue weighted by molar-refractivity contribution is 0.0259. The first-order valence-corrected chi connectivity index (χ1v) is 12.4. The van der Waals surface area contributed by atoms with E-state index >= 15 is 0 Å². The van der Waals surface area contributed by atoms with E-state index in [4.69, 9.17) is 10.5 Å². The molecule has 3 aromatic rings. The Morgan fingerprint density at radius 1 is 1.33 bits per heavy atom. The van der Waals surface area contributed by atoms with Gasteiger partial charge in [0.2, 0.25) is 0 Å². The molecular formula is C24H28N6O2S. The molecule has 3 atom stereocenters. The highest BCUT2D eigenvalue weighted by atomic mass is 32.1. The first kappa shape index (κ1) is 20.8. The summed E-state index contributed by atoms with van der Waals surface area (Å²) in [5, 5.41) is 6.77. The predicted molar refractivity (Wildman–Crippen MR) is 130 cm³/mol. The van der Waals surface area contributed by atoms with Gasteiger partial charge in [0, 0.05) is 43.6 Å². The molecule has 33 heavy (non-hydrogen) atoms. The van der Waals surface area contributed by atoms with E-state index in [0.717, 1.165) is 51.2 Å². The zero-order chi connectivity index (χ0) is 22.5. The summed E-state index contributed by atoms with van der Waals surface area (Å²) in [6.07, 6.45) is 4.64. The van der Waals surface area contributed by atoms with Gasteiger partial charge in [-0.15, -0.1) is 11.3 Å². The molecule has 3 saturated heterocycles. The molecule has 0 saturated carbocycles. The molecule has 0 radical (unpaired) electrons. The molecule has 5 heterocycles. The third-order valence-corrected chi connectivity index (χ3v) is 8.00. The smallest absolute Gasteiger partial charge is 0.263 e. The van der Waals surface area contributed by atoms with E-state index in [1.54, 1.807) is 6.20 Å². The van der Waals surface area contributed by atoms with Crippen LogP contribution in [0.15, 0.2) is 24.4 Å². The van der Waals surface area contributed by atoms with Crippen LogP contribution < -0.4 is 21.3 Å². The molecule has 4 N–H and O–H groups in total. The van der Waals surface area contributed by atoms with Crippen molar-refractivity contribution in [3.8, 4) is 0 Å². The molecule has 1 amide bonds. The van der Waals surface area contributed by atoms with E-state index in [1.165, 1.54) is 28.2 Å². The van der Waals surface area contributed by atoms with Crippen LogP contribution in [-0.4, -0.2) is 60.3 Å². The number of aromatic nitrogens is 2. The fourth-order valence-corrected chi connectivity index (χ4v) is 6.15. The Bertz CT molecular complexity index is 1210. The second-order valence-corrected chi connectivity index (χ2v) is 10.3. The standard InChI is InChI=1S/C24H28N6O2S/c1-13-8-27-21-20(25)22(33-24(21)28-13)23(31)29-16-4-2-15-7-18(5-3-14(15)6-16)30-10-17-12-32-19(11-30)9-26-17/h3,5,7-8,16-17,19,26H,2,4,6,9-12,25H2,1H3,(H,29,31)/t16-,17?,19?/m0/s1. The van der Waals surface area contributed by atoms with Gasteiger partial charge in [-0.05, 0) is 49.4 Å². The van der Waals surface area contributed by atoms with Crippen molar-refractivity contribution in [2.24, 2.45) is 0 Å². The van der Waals surface area contributed by atoms with Gasteiger partial charge in [-0.1, -0.05) is 6.07 Å². The summed E-state index contributed by atoms with van der Waals surface area (Å²) in [4.78, 5) is 25.5. The number of hydrogen-bond donors (Lipinski definition) is 3. The van der Waals surface area contributed by atoms with Gasteiger partial charge in [-0.25, -0.2) is 9.97 Å². The number of carbonyl (C=O) groups excluding carboxylic acids is 1. The summed E-state index contributed by atoms with van der Waals surface area (Å²) in [6.45, 7) is 5.52. The van der Waals surface area contributed by atoms with E-state index in [0.29, 0.717) is 27.0 Å². The second kappa shape index (κ2) is 8.23. The molecule has 3 fully saturated rings. The van der Waals surface area contributed by atoms with E-state index in [-0.39, 0.29) is 18.1 Å². The number of ether oxygens (including phenoxy) is 1. The van der Waals surface area contributed by atoms with Crippen molar-refractivity contribution >= 4 is 39.0 Å². The molecule has 1 aromatic carbocycles. The van der Waals surface area contributed by atoms with Gasteiger partial charge in [0.1, 0.15) is 15.2 Å². The molecule has 1 aliphatic carbocycles. The Hall–Kier alpha value is -2.75. The zero-order valence-electron chi connectivity index (χ0n) is 18.6. The van der Waals surface area contributed by atoms with Crippen LogP contribution in [0, 0.1) is 6.92 Å². The molecule has 4 aliphatic rings. The first-order valence-electron chi connectivity index (χ1n) is 11.6. The number of nitrogen functional groups attached to an aromatic ring is 1. The number of amides is 1. The Morgan fingerprint density at radius 3 is 3.09 bits per heavy atom. The minimum atomic E-state index is -0.132. The molecule has 3 aliphatic heterocycles. The lowest BCUT2D eigenvalue weighted by atomic mass is 9.87. The zero-order valence-corrected chi connectivity index (χ0v) is 19.5. The minimum Gasteiger partial charge on any atom is -0.396 e. The number of fused-ring (bicyclic) bond motifs is 6. The summed E-state index contributed by atoms with van der Waals surface area (Å²) >= 11 is 1.31. The highest BCUT2D eigenvalue weighted by Crippen LogP contribution is 2.32. The van der Waals surface area contributed by atoms with Crippen LogP contribution in [0.2, 0.25) is 0 Å². The normalized spacial score (nSPS) is 24.5. The molecule has 9 heteroatoms. The SMILES string of the molecule is Cc1cnc2c(N)c(C(=O)N[C@H]3CCc4cc(N5CC6COC(CN6)C5)ccc4C3)sc2n1. The summed E-state index contributed by atoms with van der Waals surface area (Å²) in [5.74, 6) is -0.132. The molecule has 2 unspecified atom stereocenters. The Kier molecular flexibility index (Phi) is 5.20. The third kappa shape index (κ3) is 3.94. The van der Waals surface area contributed by atoms with Gasteiger partial charge in [-0.2, -0.15) is 0 Å². The monoisotopic (exact) mass is 464 g/mol. The van der Waals surface area contributed by atoms with Crippen LogP contribution in [0.5, 0.6) is 0 Å². The topological polar surface area (TPSA) is 105 Å². The van der Waals surface area contributed by atoms with E-state index in [1.807, 2.05) is 6.92 Å². The fourth-order valence-electron chi connectivity index (χ4n) is 5.15. The van der Waals surface area contributed by atoms with Crippen molar-refractivity contribution in [3.63, 3.8) is 0 Å². The quantitative estimate of drug-likeness (QED) is 0.545. The number of thiophene rings is 1. The van der Waals surface area contributed by atoms with Crippen molar-refractivity contribution in [1.82, 2.24) is 20.6 Å². The molecule has 8 nitrogen and oxygen atoms in total. The number of morpholine rings is 1. The highest BCUT2D eigenvalue weighted by Gasteiger charge is 2.30. The number of nitrogens with one attached hydrogen (secondary N) is 2. The first-order chi connectivity index (χ1) is 16.0. The fraction of sp³-hybridized carbons (Fsp3) is 0.458. The maximum absolute atomic E-state index is 13.0. The highest BCUT2D eigenvalue weighted by molar-refractivity contribution is 7.21. The third-order valence-electron chi connectivity index (χ3n) is 6.92. The molecular weight excluding hydrogens is 436 g/mol. The summed E-state index contributed by atoms with van der Waals surface area (Å²) in [6, 6.07) is 7.28. The van der Waals surface area contributed by atoms with Gasteiger partial charge in [0.25, 0.3) is 5.91 Å². The van der Waals surface area contributed by atoms with Crippen molar-refractivity contribution in [2.75, 3.05) is 36.9 Å². The maximum Gasteiger partial charge on any atom is 0.263 e. The maximum atomic E-state index is 13.0. The molecule has 172 valence electrons. The lowest BCUT2D eigenvalue weighted by Gasteiger charge is -2.29. The molecule has 2 bridgehead atoms. The number of nitrogens with zero attached hydrogens (tertiary/aromatic N) is 3. The van der Waals surface area contributed by atoms with Crippen molar-refractivity contribution in [2.45, 2.75) is 44.4 Å². The van der Waals surface area contributed by atoms with Crippen LogP contribution in [0.1, 0.15) is 32.9 Å². The Labute approximate surface area is 196 Å². The Morgan fingerprint density at radius 2 is 2.24 bits per heavy atom. The van der Waals surface area contributed by atoms with Crippen LogP contribution in [0.3, 0.4) is 0 Å².